The molecule has 0 saturated heterocycles. The Balaban J connectivity index is 2.45. The smallest absolute Gasteiger partial charge is 0.115 e. The van der Waals surface area contributed by atoms with Crippen LogP contribution in [0.3, 0.4) is 0 Å². The minimum Gasteiger partial charge on any atom is -0.396 e. The summed E-state index contributed by atoms with van der Waals surface area (Å²) in [6.45, 7) is 4.14. The first-order valence-corrected chi connectivity index (χ1v) is 4.93. The van der Waals surface area contributed by atoms with Crippen molar-refractivity contribution in [3.8, 4) is 11.3 Å². The molecule has 78 valence electrons. The highest BCUT2D eigenvalue weighted by atomic mass is 15.3. The molecular weight excluding hydrogens is 188 g/mol. The van der Waals surface area contributed by atoms with Crippen LogP contribution >= 0.6 is 0 Å². The number of aromatic nitrogens is 3. The maximum Gasteiger partial charge on any atom is 0.115 e. The third-order valence-corrected chi connectivity index (χ3v) is 2.24. The van der Waals surface area contributed by atoms with Gasteiger partial charge in [0.05, 0.1) is 5.69 Å². The van der Waals surface area contributed by atoms with Crippen molar-refractivity contribution in [3.63, 3.8) is 0 Å². The molecule has 2 N–H and O–H groups in total. The minimum absolute atomic E-state index is 0.322. The SMILES string of the molecule is CC(C)n1cc(N)c(-c2ccncc2)n1. The van der Waals surface area contributed by atoms with E-state index >= 15 is 0 Å². The molecule has 2 rings (SSSR count). The standard InChI is InChI=1S/C11H14N4/c1-8(2)15-7-10(12)11(14-15)9-3-5-13-6-4-9/h3-8H,12H2,1-2H3. The van der Waals surface area contributed by atoms with Gasteiger partial charge in [0.1, 0.15) is 5.69 Å². The lowest BCUT2D eigenvalue weighted by Crippen LogP contribution is -2.00. The fraction of sp³-hybridized carbons (Fsp3) is 0.273. The maximum atomic E-state index is 5.91. The molecule has 0 spiro atoms. The lowest BCUT2D eigenvalue weighted by Gasteiger charge is -2.03. The molecule has 0 atom stereocenters. The summed E-state index contributed by atoms with van der Waals surface area (Å²) in [6, 6.07) is 4.13. The predicted molar refractivity (Wildman–Crippen MR) is 60.3 cm³/mol. The van der Waals surface area contributed by atoms with E-state index in [9.17, 15) is 0 Å². The molecule has 2 aromatic heterocycles. The van der Waals surface area contributed by atoms with Gasteiger partial charge in [-0.15, -0.1) is 0 Å². The van der Waals surface area contributed by atoms with Gasteiger partial charge >= 0.3 is 0 Å². The molecule has 0 aromatic carbocycles. The second-order valence-electron chi connectivity index (χ2n) is 3.74. The Morgan fingerprint density at radius 2 is 1.93 bits per heavy atom. The Kier molecular flexibility index (Phi) is 2.41. The van der Waals surface area contributed by atoms with Gasteiger partial charge in [-0.3, -0.25) is 9.67 Å². The van der Waals surface area contributed by atoms with Gasteiger partial charge in [0.2, 0.25) is 0 Å². The van der Waals surface area contributed by atoms with Crippen molar-refractivity contribution in [2.24, 2.45) is 0 Å². The quantitative estimate of drug-likeness (QED) is 0.811. The van der Waals surface area contributed by atoms with Crippen LogP contribution in [0.25, 0.3) is 11.3 Å². The van der Waals surface area contributed by atoms with Gasteiger partial charge in [0.15, 0.2) is 0 Å². The number of hydrogen-bond donors (Lipinski definition) is 1. The highest BCUT2D eigenvalue weighted by Crippen LogP contribution is 2.24. The van der Waals surface area contributed by atoms with E-state index in [1.165, 1.54) is 0 Å². The molecule has 0 unspecified atom stereocenters. The molecule has 0 aliphatic heterocycles. The topological polar surface area (TPSA) is 56.7 Å². The second kappa shape index (κ2) is 3.73. The second-order valence-corrected chi connectivity index (χ2v) is 3.74. The molecule has 4 heteroatoms. The Hall–Kier alpha value is -1.84. The summed E-state index contributed by atoms with van der Waals surface area (Å²) in [6.07, 6.45) is 5.34. The van der Waals surface area contributed by atoms with Gasteiger partial charge < -0.3 is 5.73 Å². The number of hydrogen-bond acceptors (Lipinski definition) is 3. The Bertz CT molecular complexity index is 445. The molecule has 0 aliphatic carbocycles. The van der Waals surface area contributed by atoms with Crippen LogP contribution in [0.2, 0.25) is 0 Å². The lowest BCUT2D eigenvalue weighted by atomic mass is 10.2. The van der Waals surface area contributed by atoms with Crippen LogP contribution in [0, 0.1) is 0 Å². The van der Waals surface area contributed by atoms with Crippen molar-refractivity contribution >= 4 is 5.69 Å². The van der Waals surface area contributed by atoms with E-state index in [1.807, 2.05) is 23.0 Å². The van der Waals surface area contributed by atoms with Gasteiger partial charge in [0.25, 0.3) is 0 Å². The zero-order valence-corrected chi connectivity index (χ0v) is 8.88. The molecule has 0 radical (unpaired) electrons. The van der Waals surface area contributed by atoms with Crippen molar-refractivity contribution < 1.29 is 0 Å². The first-order chi connectivity index (χ1) is 7.18. The normalized spacial score (nSPS) is 10.9. The number of nitrogen functional groups attached to an aromatic ring is 1. The molecule has 0 saturated carbocycles. The molecule has 0 aliphatic rings. The predicted octanol–water partition coefficient (Wildman–Crippen LogP) is 2.11. The van der Waals surface area contributed by atoms with Crippen molar-refractivity contribution in [1.29, 1.82) is 0 Å². The van der Waals surface area contributed by atoms with E-state index in [2.05, 4.69) is 23.9 Å². The van der Waals surface area contributed by atoms with Crippen molar-refractivity contribution in [2.75, 3.05) is 5.73 Å². The number of nitrogens with zero attached hydrogens (tertiary/aromatic N) is 3. The zero-order valence-electron chi connectivity index (χ0n) is 8.88. The van der Waals surface area contributed by atoms with E-state index in [0.29, 0.717) is 11.7 Å². The van der Waals surface area contributed by atoms with Crippen molar-refractivity contribution in [2.45, 2.75) is 19.9 Å². The first-order valence-electron chi connectivity index (χ1n) is 4.93. The molecule has 2 heterocycles. The summed E-state index contributed by atoms with van der Waals surface area (Å²) in [5.41, 5.74) is 8.44. The van der Waals surface area contributed by atoms with E-state index in [4.69, 9.17) is 5.73 Å². The van der Waals surface area contributed by atoms with Crippen LogP contribution in [0.5, 0.6) is 0 Å². The van der Waals surface area contributed by atoms with Crippen molar-refractivity contribution in [1.82, 2.24) is 14.8 Å². The maximum absolute atomic E-state index is 5.91. The summed E-state index contributed by atoms with van der Waals surface area (Å²) in [4.78, 5) is 3.97. The van der Waals surface area contributed by atoms with Gasteiger partial charge in [0, 0.05) is 30.2 Å². The van der Waals surface area contributed by atoms with E-state index in [1.54, 1.807) is 12.4 Å². The number of rotatable bonds is 2. The van der Waals surface area contributed by atoms with E-state index in [-0.39, 0.29) is 0 Å². The highest BCUT2D eigenvalue weighted by Gasteiger charge is 2.09. The van der Waals surface area contributed by atoms with Gasteiger partial charge in [-0.25, -0.2) is 0 Å². The van der Waals surface area contributed by atoms with Crippen LogP contribution in [0.1, 0.15) is 19.9 Å². The van der Waals surface area contributed by atoms with Crippen LogP contribution in [-0.2, 0) is 0 Å². The monoisotopic (exact) mass is 202 g/mol. The van der Waals surface area contributed by atoms with Crippen LogP contribution in [-0.4, -0.2) is 14.8 Å². The van der Waals surface area contributed by atoms with Gasteiger partial charge in [-0.05, 0) is 26.0 Å². The molecular formula is C11H14N4. The van der Waals surface area contributed by atoms with Crippen LogP contribution in [0.4, 0.5) is 5.69 Å². The highest BCUT2D eigenvalue weighted by molar-refractivity contribution is 5.71. The third kappa shape index (κ3) is 1.83. The molecule has 0 bridgehead atoms. The average Bonchev–Trinajstić information content (AvgIpc) is 2.62. The number of nitrogens with two attached hydrogens (primary N) is 1. The molecule has 15 heavy (non-hydrogen) atoms. The largest absolute Gasteiger partial charge is 0.396 e. The van der Waals surface area contributed by atoms with Crippen LogP contribution < -0.4 is 5.73 Å². The van der Waals surface area contributed by atoms with Gasteiger partial charge in [-0.2, -0.15) is 5.10 Å². The summed E-state index contributed by atoms with van der Waals surface area (Å²) in [5.74, 6) is 0. The van der Waals surface area contributed by atoms with Gasteiger partial charge in [-0.1, -0.05) is 0 Å². The lowest BCUT2D eigenvalue weighted by molar-refractivity contribution is 0.534. The van der Waals surface area contributed by atoms with E-state index in [0.717, 1.165) is 11.3 Å². The average molecular weight is 202 g/mol. The number of pyridine rings is 1. The molecule has 2 aromatic rings. The van der Waals surface area contributed by atoms with Crippen molar-refractivity contribution in [3.05, 3.63) is 30.7 Å². The third-order valence-electron chi connectivity index (χ3n) is 2.24. The van der Waals surface area contributed by atoms with E-state index < -0.39 is 0 Å². The molecule has 4 nitrogen and oxygen atoms in total. The first kappa shape index (κ1) is 9.71. The summed E-state index contributed by atoms with van der Waals surface area (Å²) in [7, 11) is 0. The Labute approximate surface area is 88.8 Å². The number of anilines is 1. The summed E-state index contributed by atoms with van der Waals surface area (Å²) < 4.78 is 1.87. The zero-order chi connectivity index (χ0) is 10.8. The molecule has 0 fully saturated rings. The fourth-order valence-electron chi connectivity index (χ4n) is 1.40. The van der Waals surface area contributed by atoms with Crippen LogP contribution in [0.15, 0.2) is 30.7 Å². The fourth-order valence-corrected chi connectivity index (χ4v) is 1.40. The Morgan fingerprint density at radius 1 is 1.27 bits per heavy atom. The minimum atomic E-state index is 0.322. The summed E-state index contributed by atoms with van der Waals surface area (Å²) in [5, 5.41) is 4.44. The summed E-state index contributed by atoms with van der Waals surface area (Å²) >= 11 is 0. The molecule has 0 amide bonds. The Morgan fingerprint density at radius 3 is 2.47 bits per heavy atom.